The highest BCUT2D eigenvalue weighted by molar-refractivity contribution is 6.19. The first kappa shape index (κ1) is 20.0. The van der Waals surface area contributed by atoms with E-state index in [9.17, 15) is 14.4 Å². The van der Waals surface area contributed by atoms with Crippen LogP contribution in [0.25, 0.3) is 11.2 Å². The van der Waals surface area contributed by atoms with Gasteiger partial charge >= 0.3 is 5.69 Å². The highest BCUT2D eigenvalue weighted by Gasteiger charge is 2.32. The Balaban J connectivity index is 1.85. The summed E-state index contributed by atoms with van der Waals surface area (Å²) in [6.07, 6.45) is 3.52. The lowest BCUT2D eigenvalue weighted by molar-refractivity contribution is -0.138. The number of amides is 2. The number of carbonyl (C=O) groups excluding carboxylic acids is 2. The van der Waals surface area contributed by atoms with Crippen molar-refractivity contribution in [2.75, 3.05) is 18.1 Å². The molecule has 3 heterocycles. The molecule has 0 atom stereocenters. The first-order valence-corrected chi connectivity index (χ1v) is 10.1. The second-order valence-electron chi connectivity index (χ2n) is 7.24. The van der Waals surface area contributed by atoms with E-state index >= 15 is 0 Å². The van der Waals surface area contributed by atoms with Crippen molar-refractivity contribution in [3.8, 4) is 0 Å². The minimum Gasteiger partial charge on any atom is -0.362 e. The Bertz CT molecular complexity index is 1120. The molecule has 1 saturated heterocycles. The fourth-order valence-corrected chi connectivity index (χ4v) is 3.51. The number of morpholine rings is 1. The van der Waals surface area contributed by atoms with Crippen molar-refractivity contribution in [1.82, 2.24) is 19.5 Å². The number of rotatable bonds is 7. The second kappa shape index (κ2) is 8.58. The van der Waals surface area contributed by atoms with Crippen LogP contribution in [0.5, 0.6) is 0 Å². The smallest absolute Gasteiger partial charge is 0.328 e. The van der Waals surface area contributed by atoms with E-state index in [1.165, 1.54) is 4.57 Å². The van der Waals surface area contributed by atoms with Crippen LogP contribution in [0.3, 0.4) is 0 Å². The number of nitrogens with one attached hydrogen (secondary N) is 1. The minimum atomic E-state index is -0.512. The predicted molar refractivity (Wildman–Crippen MR) is 110 cm³/mol. The van der Waals surface area contributed by atoms with Crippen molar-refractivity contribution in [3.05, 3.63) is 52.2 Å². The van der Waals surface area contributed by atoms with Crippen LogP contribution in [-0.4, -0.2) is 44.5 Å². The fraction of sp³-hybridized carbons (Fsp3) is 0.381. The minimum absolute atomic E-state index is 0.119. The number of imide groups is 1. The number of hydrogen-bond donors (Lipinski definition) is 1. The SMILES string of the molecule is CCCCCc1nc(N2C(=O)COCC2=O)c2[nH]c(=O)n(Cc3ccccc3)c2n1. The van der Waals surface area contributed by atoms with Crippen LogP contribution in [0.4, 0.5) is 5.82 Å². The average molecular weight is 409 g/mol. The summed E-state index contributed by atoms with van der Waals surface area (Å²) < 4.78 is 6.52. The summed E-state index contributed by atoms with van der Waals surface area (Å²) in [6.45, 7) is 1.99. The maximum Gasteiger partial charge on any atom is 0.328 e. The number of unbranched alkanes of at least 4 members (excludes halogenated alkanes) is 2. The maximum absolute atomic E-state index is 12.7. The Labute approximate surface area is 172 Å². The van der Waals surface area contributed by atoms with E-state index in [2.05, 4.69) is 21.9 Å². The Morgan fingerprint density at radius 2 is 1.77 bits per heavy atom. The monoisotopic (exact) mass is 409 g/mol. The number of hydrogen-bond acceptors (Lipinski definition) is 6. The third-order valence-electron chi connectivity index (χ3n) is 5.00. The molecule has 4 rings (SSSR count). The molecule has 0 unspecified atom stereocenters. The summed E-state index contributed by atoms with van der Waals surface area (Å²) in [5.41, 5.74) is 1.22. The van der Waals surface area contributed by atoms with Crippen LogP contribution in [-0.2, 0) is 27.3 Å². The summed E-state index contributed by atoms with van der Waals surface area (Å²) >= 11 is 0. The lowest BCUT2D eigenvalue weighted by Crippen LogP contribution is -2.47. The van der Waals surface area contributed by atoms with Crippen LogP contribution in [0, 0.1) is 0 Å². The first-order valence-electron chi connectivity index (χ1n) is 10.1. The summed E-state index contributed by atoms with van der Waals surface area (Å²) in [7, 11) is 0. The van der Waals surface area contributed by atoms with E-state index in [0.717, 1.165) is 29.7 Å². The van der Waals surface area contributed by atoms with Gasteiger partial charge in [-0.1, -0.05) is 50.1 Å². The van der Waals surface area contributed by atoms with Crippen molar-refractivity contribution < 1.29 is 14.3 Å². The molecule has 0 bridgehead atoms. The van der Waals surface area contributed by atoms with Gasteiger partial charge in [0.15, 0.2) is 11.5 Å². The van der Waals surface area contributed by atoms with Crippen LogP contribution in [0.2, 0.25) is 0 Å². The van der Waals surface area contributed by atoms with Gasteiger partial charge in [-0.25, -0.2) is 19.7 Å². The van der Waals surface area contributed by atoms with E-state index in [4.69, 9.17) is 4.74 Å². The van der Waals surface area contributed by atoms with Crippen molar-refractivity contribution in [2.45, 2.75) is 39.2 Å². The van der Waals surface area contributed by atoms with Gasteiger partial charge in [-0.05, 0) is 12.0 Å². The normalized spacial score (nSPS) is 14.6. The van der Waals surface area contributed by atoms with Crippen LogP contribution >= 0.6 is 0 Å². The maximum atomic E-state index is 12.7. The molecule has 0 saturated carbocycles. The molecule has 156 valence electrons. The summed E-state index contributed by atoms with van der Waals surface area (Å²) in [5, 5.41) is 0. The van der Waals surface area contributed by atoms with Crippen LogP contribution < -0.4 is 10.6 Å². The molecule has 9 nitrogen and oxygen atoms in total. The van der Waals surface area contributed by atoms with Crippen molar-refractivity contribution in [2.24, 2.45) is 0 Å². The molecule has 1 aromatic carbocycles. The number of fused-ring (bicyclic) bond motifs is 1. The Hall–Kier alpha value is -3.33. The molecule has 9 heteroatoms. The molecule has 1 fully saturated rings. The number of ether oxygens (including phenoxy) is 1. The topological polar surface area (TPSA) is 110 Å². The molecule has 1 aliphatic rings. The molecular weight excluding hydrogens is 386 g/mol. The van der Waals surface area contributed by atoms with Gasteiger partial charge in [0.05, 0.1) is 6.54 Å². The number of aromatic amines is 1. The van der Waals surface area contributed by atoms with Gasteiger partial charge < -0.3 is 9.72 Å². The van der Waals surface area contributed by atoms with Gasteiger partial charge in [0.1, 0.15) is 24.6 Å². The highest BCUT2D eigenvalue weighted by atomic mass is 16.5. The Morgan fingerprint density at radius 3 is 2.47 bits per heavy atom. The number of carbonyl (C=O) groups is 2. The number of imidazole rings is 1. The predicted octanol–water partition coefficient (Wildman–Crippen LogP) is 1.79. The van der Waals surface area contributed by atoms with Gasteiger partial charge in [0.2, 0.25) is 0 Å². The largest absolute Gasteiger partial charge is 0.362 e. The fourth-order valence-electron chi connectivity index (χ4n) is 3.51. The molecule has 0 aliphatic carbocycles. The summed E-state index contributed by atoms with van der Waals surface area (Å²) in [5.74, 6) is -0.405. The van der Waals surface area contributed by atoms with Gasteiger partial charge in [-0.3, -0.25) is 14.2 Å². The first-order chi connectivity index (χ1) is 14.6. The van der Waals surface area contributed by atoms with Crippen LogP contribution in [0.1, 0.15) is 37.6 Å². The zero-order valence-electron chi connectivity index (χ0n) is 16.8. The number of nitrogens with zero attached hydrogens (tertiary/aromatic N) is 4. The second-order valence-corrected chi connectivity index (χ2v) is 7.24. The quantitative estimate of drug-likeness (QED) is 0.471. The molecule has 0 radical (unpaired) electrons. The van der Waals surface area contributed by atoms with E-state index in [1.54, 1.807) is 0 Å². The molecule has 2 amide bonds. The van der Waals surface area contributed by atoms with Crippen LogP contribution in [0.15, 0.2) is 35.1 Å². The van der Waals surface area contributed by atoms with E-state index in [0.29, 0.717) is 24.4 Å². The number of benzene rings is 1. The average Bonchev–Trinajstić information content (AvgIpc) is 3.04. The standard InChI is InChI=1S/C21H23N5O4/c1-2-3-5-10-15-22-19-18(20(23-15)26-16(27)12-30-13-17(26)28)24-21(29)25(19)11-14-8-6-4-7-9-14/h4,6-9H,2-3,5,10-13H2,1H3,(H,24,29). The number of anilines is 1. The van der Waals surface area contributed by atoms with Gasteiger partial charge in [0.25, 0.3) is 11.8 Å². The van der Waals surface area contributed by atoms with Crippen molar-refractivity contribution in [1.29, 1.82) is 0 Å². The number of aromatic nitrogens is 4. The number of aryl methyl sites for hydroxylation is 1. The van der Waals surface area contributed by atoms with E-state index in [-0.39, 0.29) is 30.2 Å². The lowest BCUT2D eigenvalue weighted by atomic mass is 10.2. The Morgan fingerprint density at radius 1 is 1.03 bits per heavy atom. The molecule has 2 aromatic heterocycles. The highest BCUT2D eigenvalue weighted by Crippen LogP contribution is 2.24. The molecule has 1 N–H and O–H groups in total. The van der Waals surface area contributed by atoms with E-state index in [1.807, 2.05) is 30.3 Å². The zero-order valence-corrected chi connectivity index (χ0v) is 16.8. The van der Waals surface area contributed by atoms with Gasteiger partial charge in [-0.2, -0.15) is 0 Å². The van der Waals surface area contributed by atoms with Crippen molar-refractivity contribution >= 4 is 28.8 Å². The lowest BCUT2D eigenvalue weighted by Gasteiger charge is -2.24. The zero-order chi connectivity index (χ0) is 21.1. The van der Waals surface area contributed by atoms with Crippen molar-refractivity contribution in [3.63, 3.8) is 0 Å². The third-order valence-corrected chi connectivity index (χ3v) is 5.00. The third kappa shape index (κ3) is 3.88. The molecule has 1 aliphatic heterocycles. The molecular formula is C21H23N5O4. The summed E-state index contributed by atoms with van der Waals surface area (Å²) in [4.78, 5) is 50.4. The van der Waals surface area contributed by atoms with E-state index < -0.39 is 11.8 Å². The summed E-state index contributed by atoms with van der Waals surface area (Å²) in [6, 6.07) is 9.55. The Kier molecular flexibility index (Phi) is 5.71. The molecule has 3 aromatic rings. The number of H-pyrrole nitrogens is 1. The molecule has 0 spiro atoms. The molecule has 30 heavy (non-hydrogen) atoms. The van der Waals surface area contributed by atoms with Gasteiger partial charge in [0, 0.05) is 6.42 Å². The van der Waals surface area contributed by atoms with Gasteiger partial charge in [-0.15, -0.1) is 0 Å².